The molecule has 4 heteroatoms. The van der Waals surface area contributed by atoms with Crippen LogP contribution in [0.4, 0.5) is 0 Å². The zero-order valence-electron chi connectivity index (χ0n) is 6.37. The number of likely N-dealkylation sites (N-methyl/N-ethyl adjacent to an activating group) is 1. The molecule has 11 heavy (non-hydrogen) atoms. The van der Waals surface area contributed by atoms with Crippen molar-refractivity contribution in [1.82, 2.24) is 4.90 Å². The zero-order chi connectivity index (χ0) is 8.65. The minimum Gasteiger partial charge on any atom is -0.376 e. The number of rotatable bonds is 0. The molecule has 0 aliphatic carbocycles. The first-order chi connectivity index (χ1) is 4.95. The molecule has 0 spiro atoms. The van der Waals surface area contributed by atoms with Crippen molar-refractivity contribution in [2.45, 2.75) is 12.5 Å². The topological polar surface area (TPSA) is 57.6 Å². The first-order valence-electron chi connectivity index (χ1n) is 3.19. The van der Waals surface area contributed by atoms with Gasteiger partial charge in [0.1, 0.15) is 0 Å². The van der Waals surface area contributed by atoms with Gasteiger partial charge in [-0.05, 0) is 13.0 Å². The molecule has 1 aliphatic heterocycles. The SMILES string of the molecule is CN1C(=O)C=CC(C)(O)C1=O. The summed E-state index contributed by atoms with van der Waals surface area (Å²) in [4.78, 5) is 22.7. The fourth-order valence-corrected chi connectivity index (χ4v) is 0.856. The van der Waals surface area contributed by atoms with E-state index in [0.717, 1.165) is 4.90 Å². The molecule has 0 bridgehead atoms. The summed E-state index contributed by atoms with van der Waals surface area (Å²) in [6.07, 6.45) is 2.37. The summed E-state index contributed by atoms with van der Waals surface area (Å²) in [5, 5.41) is 9.30. The fraction of sp³-hybridized carbons (Fsp3) is 0.429. The fourth-order valence-electron chi connectivity index (χ4n) is 0.856. The summed E-state index contributed by atoms with van der Waals surface area (Å²) in [6.45, 7) is 1.34. The maximum absolute atomic E-state index is 11.1. The Hall–Kier alpha value is -1.16. The van der Waals surface area contributed by atoms with Crippen LogP contribution in [0.3, 0.4) is 0 Å². The van der Waals surface area contributed by atoms with Gasteiger partial charge < -0.3 is 5.11 Å². The van der Waals surface area contributed by atoms with Gasteiger partial charge >= 0.3 is 0 Å². The van der Waals surface area contributed by atoms with Gasteiger partial charge in [-0.2, -0.15) is 0 Å². The molecule has 1 heterocycles. The lowest BCUT2D eigenvalue weighted by Crippen LogP contribution is -2.49. The van der Waals surface area contributed by atoms with E-state index in [-0.39, 0.29) is 0 Å². The van der Waals surface area contributed by atoms with Crippen molar-refractivity contribution in [3.63, 3.8) is 0 Å². The van der Waals surface area contributed by atoms with Crippen LogP contribution in [0.25, 0.3) is 0 Å². The highest BCUT2D eigenvalue weighted by atomic mass is 16.3. The largest absolute Gasteiger partial charge is 0.376 e. The molecule has 1 unspecified atom stereocenters. The van der Waals surface area contributed by atoms with Gasteiger partial charge in [0, 0.05) is 13.1 Å². The van der Waals surface area contributed by atoms with E-state index in [4.69, 9.17) is 0 Å². The van der Waals surface area contributed by atoms with E-state index in [0.29, 0.717) is 0 Å². The van der Waals surface area contributed by atoms with Crippen molar-refractivity contribution in [2.24, 2.45) is 0 Å². The van der Waals surface area contributed by atoms with Gasteiger partial charge in [-0.3, -0.25) is 14.5 Å². The summed E-state index contributed by atoms with van der Waals surface area (Å²) < 4.78 is 0. The summed E-state index contributed by atoms with van der Waals surface area (Å²) in [5.74, 6) is -0.994. The number of imide groups is 1. The zero-order valence-corrected chi connectivity index (χ0v) is 6.37. The van der Waals surface area contributed by atoms with Crippen molar-refractivity contribution in [3.8, 4) is 0 Å². The lowest BCUT2D eigenvalue weighted by molar-refractivity contribution is -0.151. The molecule has 60 valence electrons. The maximum Gasteiger partial charge on any atom is 0.264 e. The molecule has 4 nitrogen and oxygen atoms in total. The van der Waals surface area contributed by atoms with Crippen molar-refractivity contribution < 1.29 is 14.7 Å². The van der Waals surface area contributed by atoms with Crippen LogP contribution in [0.5, 0.6) is 0 Å². The van der Waals surface area contributed by atoms with E-state index >= 15 is 0 Å². The van der Waals surface area contributed by atoms with E-state index in [1.165, 1.54) is 26.1 Å². The Morgan fingerprint density at radius 3 is 2.55 bits per heavy atom. The molecule has 0 aromatic carbocycles. The standard InChI is InChI=1S/C7H9NO3/c1-7(11)4-3-5(9)8(2)6(7)10/h3-4,11H,1-2H3. The Balaban J connectivity index is 3.04. The quantitative estimate of drug-likeness (QED) is 0.470. The third kappa shape index (κ3) is 1.17. The predicted octanol–water partition coefficient (Wildman–Crippen LogP) is -0.708. The van der Waals surface area contributed by atoms with Crippen LogP contribution in [0.2, 0.25) is 0 Å². The van der Waals surface area contributed by atoms with Crippen molar-refractivity contribution in [2.75, 3.05) is 7.05 Å². The number of aliphatic hydroxyl groups is 1. The van der Waals surface area contributed by atoms with Gasteiger partial charge in [-0.1, -0.05) is 0 Å². The monoisotopic (exact) mass is 155 g/mol. The van der Waals surface area contributed by atoms with E-state index < -0.39 is 17.4 Å². The number of carbonyl (C=O) groups excluding carboxylic acids is 2. The Labute approximate surface area is 64.1 Å². The summed E-state index contributed by atoms with van der Waals surface area (Å²) >= 11 is 0. The first kappa shape index (κ1) is 7.94. The Bertz CT molecular complexity index is 242. The molecule has 1 N–H and O–H groups in total. The lowest BCUT2D eigenvalue weighted by Gasteiger charge is -2.27. The van der Waals surface area contributed by atoms with Crippen molar-refractivity contribution in [3.05, 3.63) is 12.2 Å². The first-order valence-corrected chi connectivity index (χ1v) is 3.19. The van der Waals surface area contributed by atoms with Crippen LogP contribution in [0, 0.1) is 0 Å². The third-order valence-electron chi connectivity index (χ3n) is 1.62. The van der Waals surface area contributed by atoms with Gasteiger partial charge in [0.05, 0.1) is 0 Å². The highest BCUT2D eigenvalue weighted by molar-refractivity contribution is 6.07. The molecule has 1 rings (SSSR count). The van der Waals surface area contributed by atoms with Crippen LogP contribution >= 0.6 is 0 Å². The van der Waals surface area contributed by atoms with Crippen LogP contribution in [-0.2, 0) is 9.59 Å². The van der Waals surface area contributed by atoms with Gasteiger partial charge in [0.2, 0.25) is 0 Å². The van der Waals surface area contributed by atoms with Crippen LogP contribution in [0.15, 0.2) is 12.2 Å². The molecule has 1 atom stereocenters. The molecular formula is C7H9NO3. The molecule has 0 fully saturated rings. The second-order valence-electron chi connectivity index (χ2n) is 2.68. The number of hydrogen-bond acceptors (Lipinski definition) is 3. The molecule has 0 aromatic heterocycles. The number of hydrogen-bond donors (Lipinski definition) is 1. The summed E-state index contributed by atoms with van der Waals surface area (Å²) in [7, 11) is 1.34. The molecule has 0 radical (unpaired) electrons. The van der Waals surface area contributed by atoms with Crippen LogP contribution < -0.4 is 0 Å². The van der Waals surface area contributed by atoms with Gasteiger partial charge in [0.15, 0.2) is 5.60 Å². The van der Waals surface area contributed by atoms with Crippen molar-refractivity contribution in [1.29, 1.82) is 0 Å². The second kappa shape index (κ2) is 2.17. The lowest BCUT2D eigenvalue weighted by atomic mass is 10.0. The summed E-state index contributed by atoms with van der Waals surface area (Å²) in [5.41, 5.74) is -1.53. The van der Waals surface area contributed by atoms with Crippen LogP contribution in [0.1, 0.15) is 6.92 Å². The van der Waals surface area contributed by atoms with Gasteiger partial charge in [0.25, 0.3) is 11.8 Å². The number of carbonyl (C=O) groups is 2. The van der Waals surface area contributed by atoms with Gasteiger partial charge in [-0.15, -0.1) is 0 Å². The van der Waals surface area contributed by atoms with E-state index in [2.05, 4.69) is 0 Å². The smallest absolute Gasteiger partial charge is 0.264 e. The highest BCUT2D eigenvalue weighted by Gasteiger charge is 2.35. The van der Waals surface area contributed by atoms with Crippen molar-refractivity contribution >= 4 is 11.8 Å². The number of amides is 2. The average molecular weight is 155 g/mol. The molecule has 0 saturated carbocycles. The molecule has 0 aromatic rings. The highest BCUT2D eigenvalue weighted by Crippen LogP contribution is 2.14. The normalized spacial score (nSPS) is 31.4. The average Bonchev–Trinajstić information content (AvgIpc) is 1.95. The second-order valence-corrected chi connectivity index (χ2v) is 2.68. The third-order valence-corrected chi connectivity index (χ3v) is 1.62. The van der Waals surface area contributed by atoms with E-state index in [9.17, 15) is 14.7 Å². The van der Waals surface area contributed by atoms with Gasteiger partial charge in [-0.25, -0.2) is 0 Å². The predicted molar refractivity (Wildman–Crippen MR) is 37.5 cm³/mol. The molecular weight excluding hydrogens is 146 g/mol. The Kier molecular flexibility index (Phi) is 1.56. The molecule has 1 aliphatic rings. The summed E-state index contributed by atoms with van der Waals surface area (Å²) in [6, 6.07) is 0. The van der Waals surface area contributed by atoms with Crippen LogP contribution in [-0.4, -0.2) is 34.5 Å². The number of nitrogens with zero attached hydrogens (tertiary/aromatic N) is 1. The molecule has 0 saturated heterocycles. The molecule has 2 amide bonds. The maximum atomic E-state index is 11.1. The van der Waals surface area contributed by atoms with E-state index in [1.54, 1.807) is 0 Å². The van der Waals surface area contributed by atoms with E-state index in [1.807, 2.05) is 0 Å². The Morgan fingerprint density at radius 1 is 1.55 bits per heavy atom. The Morgan fingerprint density at radius 2 is 2.09 bits per heavy atom. The minimum atomic E-state index is -1.53. The minimum absolute atomic E-state index is 0.401.